The van der Waals surface area contributed by atoms with Crippen LogP contribution in [0.3, 0.4) is 0 Å². The van der Waals surface area contributed by atoms with Crippen molar-refractivity contribution < 1.29 is 31.5 Å². The number of amides is 1. The smallest absolute Gasteiger partial charge is 0.319 e. The minimum atomic E-state index is -1.12. The lowest BCUT2D eigenvalue weighted by atomic mass is 9.95. The van der Waals surface area contributed by atoms with Crippen molar-refractivity contribution in [3.63, 3.8) is 0 Å². The predicted molar refractivity (Wildman–Crippen MR) is 182 cm³/mol. The predicted octanol–water partition coefficient (Wildman–Crippen LogP) is 5.81. The number of likely N-dealkylation sites (tertiary alicyclic amines) is 2. The van der Waals surface area contributed by atoms with E-state index in [9.17, 15) is 18.0 Å². The number of likely N-dealkylation sites (N-methyl/N-ethyl adjacent to an activating group) is 2. The van der Waals surface area contributed by atoms with Crippen molar-refractivity contribution in [2.24, 2.45) is 0 Å². The molecule has 0 bridgehead atoms. The lowest BCUT2D eigenvalue weighted by Crippen LogP contribution is -2.44. The average molecular weight is 708 g/mol. The summed E-state index contributed by atoms with van der Waals surface area (Å²) in [6.07, 6.45) is 5.01. The van der Waals surface area contributed by atoms with E-state index in [0.717, 1.165) is 38.4 Å². The number of nitrogens with zero attached hydrogens (tertiary/aromatic N) is 7. The van der Waals surface area contributed by atoms with Crippen LogP contribution in [-0.2, 0) is 4.79 Å². The third-order valence-electron chi connectivity index (χ3n) is 11.3. The topological polar surface area (TPSA) is 77.9 Å². The maximum absolute atomic E-state index is 16.7. The molecule has 4 aromatic rings. The van der Waals surface area contributed by atoms with Crippen molar-refractivity contribution in [1.29, 1.82) is 0 Å². The Morgan fingerprint density at radius 3 is 2.71 bits per heavy atom. The quantitative estimate of drug-likeness (QED) is 0.168. The van der Waals surface area contributed by atoms with Gasteiger partial charge in [0.25, 0.3) is 5.91 Å². The number of rotatable bonds is 8. The standard InChI is InChI=1S/C37H38F5N7O2/c1-46-13-9-23(46)15-28(40)35(50)48-14-10-24(19-48)47(2)34-26-17-43-32(25-6-3-5-21-7-8-27(39)30(41)29(21)25)31(42)33(26)44-36(45-34)51-20-37-11-4-12-49(37)18-22(38)16-37/h3,5-8,15,17,22-24H,4,9-14,16,18-20H2,1-2H3/b28-15+/t22-,23-,24-,37+/m1/s1. The highest BCUT2D eigenvalue weighted by Crippen LogP contribution is 2.41. The number of pyridine rings is 1. The number of halogens is 5. The second kappa shape index (κ2) is 13.0. The number of hydrogen-bond donors (Lipinski definition) is 0. The Kier molecular flexibility index (Phi) is 8.56. The highest BCUT2D eigenvalue weighted by molar-refractivity contribution is 5.99. The van der Waals surface area contributed by atoms with Crippen LogP contribution in [0.2, 0.25) is 0 Å². The summed E-state index contributed by atoms with van der Waals surface area (Å²) >= 11 is 0. The lowest BCUT2D eigenvalue weighted by molar-refractivity contribution is -0.127. The number of hydrogen-bond acceptors (Lipinski definition) is 8. The van der Waals surface area contributed by atoms with Crippen LogP contribution in [0.15, 0.2) is 48.4 Å². The first-order valence-corrected chi connectivity index (χ1v) is 17.4. The number of carbonyl (C=O) groups is 1. The molecule has 4 aliphatic heterocycles. The van der Waals surface area contributed by atoms with Crippen LogP contribution in [0.5, 0.6) is 6.01 Å². The zero-order valence-corrected chi connectivity index (χ0v) is 28.4. The second-order valence-electron chi connectivity index (χ2n) is 14.3. The Labute approximate surface area is 291 Å². The normalized spacial score (nSPS) is 25.5. The van der Waals surface area contributed by atoms with E-state index in [0.29, 0.717) is 31.3 Å². The summed E-state index contributed by atoms with van der Waals surface area (Å²) in [5, 5.41) is 0.482. The molecule has 14 heteroatoms. The molecular formula is C37H38F5N7O2. The fourth-order valence-corrected chi connectivity index (χ4v) is 8.25. The Balaban J connectivity index is 1.16. The van der Waals surface area contributed by atoms with Crippen LogP contribution in [0.4, 0.5) is 27.8 Å². The van der Waals surface area contributed by atoms with Gasteiger partial charge in [0.15, 0.2) is 23.3 Å². The molecule has 51 heavy (non-hydrogen) atoms. The summed E-state index contributed by atoms with van der Waals surface area (Å²) < 4.78 is 81.9. The minimum Gasteiger partial charge on any atom is -0.461 e. The van der Waals surface area contributed by atoms with E-state index in [-0.39, 0.29) is 64.6 Å². The lowest BCUT2D eigenvalue weighted by Gasteiger charge is -2.35. The van der Waals surface area contributed by atoms with Crippen molar-refractivity contribution in [2.75, 3.05) is 58.3 Å². The van der Waals surface area contributed by atoms with Crippen molar-refractivity contribution in [2.45, 2.75) is 55.9 Å². The second-order valence-corrected chi connectivity index (χ2v) is 14.3. The molecule has 1 amide bonds. The van der Waals surface area contributed by atoms with Gasteiger partial charge in [0, 0.05) is 68.9 Å². The maximum atomic E-state index is 16.7. The summed E-state index contributed by atoms with van der Waals surface area (Å²) in [6.45, 7) is 2.54. The number of benzene rings is 2. The fourth-order valence-electron chi connectivity index (χ4n) is 8.25. The van der Waals surface area contributed by atoms with Crippen LogP contribution >= 0.6 is 0 Å². The van der Waals surface area contributed by atoms with Gasteiger partial charge in [-0.2, -0.15) is 9.97 Å². The van der Waals surface area contributed by atoms with Gasteiger partial charge >= 0.3 is 6.01 Å². The van der Waals surface area contributed by atoms with Gasteiger partial charge in [-0.25, -0.2) is 22.0 Å². The summed E-state index contributed by atoms with van der Waals surface area (Å²) in [5.41, 5.74) is -0.854. The zero-order valence-electron chi connectivity index (χ0n) is 28.4. The summed E-state index contributed by atoms with van der Waals surface area (Å²) in [7, 11) is 3.62. The van der Waals surface area contributed by atoms with E-state index >= 15 is 8.78 Å². The van der Waals surface area contributed by atoms with Crippen LogP contribution in [0.1, 0.15) is 32.1 Å². The van der Waals surface area contributed by atoms with Gasteiger partial charge in [-0.05, 0) is 56.8 Å². The number of alkyl halides is 1. The van der Waals surface area contributed by atoms with E-state index < -0.39 is 40.9 Å². The van der Waals surface area contributed by atoms with Gasteiger partial charge in [0.05, 0.1) is 10.9 Å². The van der Waals surface area contributed by atoms with Crippen LogP contribution in [0, 0.1) is 17.5 Å². The highest BCUT2D eigenvalue weighted by atomic mass is 19.2. The Hall–Kier alpha value is -4.43. The first kappa shape index (κ1) is 33.7. The third kappa shape index (κ3) is 5.85. The molecule has 268 valence electrons. The molecule has 4 aliphatic rings. The molecule has 0 spiro atoms. The number of anilines is 1. The average Bonchev–Trinajstić information content (AvgIpc) is 3.84. The Morgan fingerprint density at radius 1 is 1.08 bits per heavy atom. The first-order valence-electron chi connectivity index (χ1n) is 17.4. The van der Waals surface area contributed by atoms with Crippen LogP contribution in [-0.4, -0.2) is 113 Å². The summed E-state index contributed by atoms with van der Waals surface area (Å²) in [4.78, 5) is 33.9. The molecule has 0 radical (unpaired) electrons. The minimum absolute atomic E-state index is 0.0495. The number of fused-ring (bicyclic) bond motifs is 3. The molecular weight excluding hydrogens is 669 g/mol. The van der Waals surface area contributed by atoms with E-state index in [1.165, 1.54) is 29.3 Å². The van der Waals surface area contributed by atoms with Crippen molar-refractivity contribution in [3.05, 3.63) is 65.9 Å². The van der Waals surface area contributed by atoms with Crippen molar-refractivity contribution in [1.82, 2.24) is 29.7 Å². The molecule has 8 rings (SSSR count). The molecule has 0 saturated carbocycles. The van der Waals surface area contributed by atoms with E-state index in [1.54, 1.807) is 24.1 Å². The summed E-state index contributed by atoms with van der Waals surface area (Å²) in [5.74, 6) is -4.27. The van der Waals surface area contributed by atoms with Gasteiger partial charge in [-0.3, -0.25) is 19.6 Å². The largest absolute Gasteiger partial charge is 0.461 e. The van der Waals surface area contributed by atoms with Gasteiger partial charge in [-0.1, -0.05) is 24.3 Å². The third-order valence-corrected chi connectivity index (χ3v) is 11.3. The van der Waals surface area contributed by atoms with Gasteiger partial charge < -0.3 is 14.5 Å². The molecule has 9 nitrogen and oxygen atoms in total. The number of ether oxygens (including phenoxy) is 1. The number of carbonyl (C=O) groups excluding carboxylic acids is 1. The van der Waals surface area contributed by atoms with Gasteiger partial charge in [-0.15, -0.1) is 0 Å². The maximum Gasteiger partial charge on any atom is 0.319 e. The van der Waals surface area contributed by atoms with Gasteiger partial charge in [0.1, 0.15) is 29.8 Å². The molecule has 0 unspecified atom stereocenters. The molecule has 0 aliphatic carbocycles. The first-order chi connectivity index (χ1) is 24.5. The van der Waals surface area contributed by atoms with Gasteiger partial charge in [0.2, 0.25) is 0 Å². The Bertz CT molecular complexity index is 2070. The Morgan fingerprint density at radius 2 is 1.92 bits per heavy atom. The SMILES string of the molecule is CN1CC[C@@H]1/C=C(/F)C(=O)N1CC[C@@H](N(C)c2nc(OC[C@@]34CCCN3C[C@H](F)C4)nc3c(F)c(-c4cccc5ccc(F)c(F)c45)ncc23)C1. The van der Waals surface area contributed by atoms with Crippen LogP contribution < -0.4 is 9.64 Å². The number of aromatic nitrogens is 3. The molecule has 0 N–H and O–H groups in total. The van der Waals surface area contributed by atoms with E-state index in [4.69, 9.17) is 9.72 Å². The highest BCUT2D eigenvalue weighted by Gasteiger charge is 2.49. The fraction of sp³-hybridized carbons (Fsp3) is 0.459. The molecule has 4 fully saturated rings. The van der Waals surface area contributed by atoms with Crippen molar-refractivity contribution in [3.8, 4) is 17.3 Å². The van der Waals surface area contributed by atoms with E-state index in [1.807, 2.05) is 11.9 Å². The molecule has 2 aromatic carbocycles. The molecule has 4 saturated heterocycles. The molecule has 6 heterocycles. The molecule has 2 aromatic heterocycles. The van der Waals surface area contributed by atoms with E-state index in [2.05, 4.69) is 14.9 Å². The van der Waals surface area contributed by atoms with Crippen molar-refractivity contribution >= 4 is 33.4 Å². The summed E-state index contributed by atoms with van der Waals surface area (Å²) in [6, 6.07) is 6.55. The monoisotopic (exact) mass is 707 g/mol. The zero-order chi connectivity index (χ0) is 35.6. The van der Waals surface area contributed by atoms with Crippen LogP contribution in [0.25, 0.3) is 32.9 Å². The molecule has 4 atom stereocenters.